The number of carboxylic acid groups (broad SMARTS) is 1. The number of nitrogens with zero attached hydrogens (tertiary/aromatic N) is 1. The van der Waals surface area contributed by atoms with Gasteiger partial charge in [-0.25, -0.2) is 0 Å². The molecule has 0 aliphatic carbocycles. The number of carboxylic acids is 1. The molecule has 92 valence electrons. The van der Waals surface area contributed by atoms with Gasteiger partial charge in [-0.2, -0.15) is 0 Å². The minimum absolute atomic E-state index is 0. The van der Waals surface area contributed by atoms with E-state index in [1.54, 1.807) is 13.8 Å². The van der Waals surface area contributed by atoms with Crippen molar-refractivity contribution in [2.45, 2.75) is 36.9 Å². The van der Waals surface area contributed by atoms with Crippen LogP contribution >= 0.6 is 11.8 Å². The maximum Gasteiger partial charge on any atom is 1.00 e. The second kappa shape index (κ2) is 5.00. The van der Waals surface area contributed by atoms with Gasteiger partial charge in [0.1, 0.15) is 5.37 Å². The SMILES string of the molecule is CC(=O)/C=C1/C(=O)N2[C@@H]1SC(C)(C)[C@@H]2C(=O)[O-].[Na+]. The van der Waals surface area contributed by atoms with Crippen molar-refractivity contribution in [3.8, 4) is 0 Å². The van der Waals surface area contributed by atoms with Gasteiger partial charge in [-0.1, -0.05) is 0 Å². The summed E-state index contributed by atoms with van der Waals surface area (Å²) in [4.78, 5) is 35.1. The van der Waals surface area contributed by atoms with Gasteiger partial charge in [0.25, 0.3) is 5.91 Å². The number of ketones is 1. The molecular weight excluding hydrogens is 265 g/mol. The number of fused-ring (bicyclic) bond motifs is 1. The molecule has 0 aromatic heterocycles. The maximum absolute atomic E-state index is 11.8. The number of aliphatic carboxylic acids is 1. The zero-order valence-corrected chi connectivity index (χ0v) is 13.5. The second-order valence-electron chi connectivity index (χ2n) is 4.72. The molecule has 5 nitrogen and oxygen atoms in total. The monoisotopic (exact) mass is 277 g/mol. The van der Waals surface area contributed by atoms with E-state index in [-0.39, 0.29) is 46.6 Å². The number of carbonyl (C=O) groups is 3. The van der Waals surface area contributed by atoms with Crippen molar-refractivity contribution in [3.05, 3.63) is 11.6 Å². The minimum Gasteiger partial charge on any atom is -0.548 e. The molecule has 2 saturated heterocycles. The van der Waals surface area contributed by atoms with Crippen molar-refractivity contribution in [2.24, 2.45) is 0 Å². The van der Waals surface area contributed by atoms with Crippen molar-refractivity contribution in [1.82, 2.24) is 4.90 Å². The van der Waals surface area contributed by atoms with Gasteiger partial charge in [-0.3, -0.25) is 9.59 Å². The molecule has 2 atom stereocenters. The predicted octanol–water partition coefficient (Wildman–Crippen LogP) is -3.68. The smallest absolute Gasteiger partial charge is 0.548 e. The number of allylic oxidation sites excluding steroid dienone is 1. The molecule has 0 N–H and O–H groups in total. The molecule has 0 bridgehead atoms. The van der Waals surface area contributed by atoms with Crippen LogP contribution in [0.3, 0.4) is 0 Å². The molecule has 7 heteroatoms. The Bertz CT molecular complexity index is 460. The molecular formula is C11H12NNaO4S. The van der Waals surface area contributed by atoms with Crippen LogP contribution in [-0.2, 0) is 14.4 Å². The first-order valence-corrected chi connectivity index (χ1v) is 6.07. The first-order valence-electron chi connectivity index (χ1n) is 5.19. The topological polar surface area (TPSA) is 77.5 Å². The van der Waals surface area contributed by atoms with Crippen LogP contribution in [0.5, 0.6) is 0 Å². The number of thioether (sulfide) groups is 1. The van der Waals surface area contributed by atoms with Crippen LogP contribution in [0, 0.1) is 0 Å². The van der Waals surface area contributed by atoms with Crippen molar-refractivity contribution >= 4 is 29.4 Å². The molecule has 0 saturated carbocycles. The largest absolute Gasteiger partial charge is 1.00 e. The van der Waals surface area contributed by atoms with Gasteiger partial charge >= 0.3 is 29.6 Å². The molecule has 0 spiro atoms. The zero-order chi connectivity index (χ0) is 13.0. The minimum atomic E-state index is -1.25. The fourth-order valence-electron chi connectivity index (χ4n) is 2.25. The molecule has 2 heterocycles. The molecule has 0 unspecified atom stereocenters. The molecule has 1 amide bonds. The van der Waals surface area contributed by atoms with Gasteiger partial charge in [0.05, 0.1) is 17.6 Å². The van der Waals surface area contributed by atoms with Crippen molar-refractivity contribution in [1.29, 1.82) is 0 Å². The number of carbonyl (C=O) groups excluding carboxylic acids is 3. The summed E-state index contributed by atoms with van der Waals surface area (Å²) >= 11 is 1.37. The summed E-state index contributed by atoms with van der Waals surface area (Å²) in [5.41, 5.74) is 0.388. The van der Waals surface area contributed by atoms with E-state index in [1.165, 1.54) is 29.7 Å². The van der Waals surface area contributed by atoms with E-state index < -0.39 is 16.8 Å². The number of hydrogen-bond donors (Lipinski definition) is 0. The Kier molecular flexibility index (Phi) is 4.37. The Labute approximate surface area is 131 Å². The molecule has 2 rings (SSSR count). The first kappa shape index (κ1) is 15.8. The summed E-state index contributed by atoms with van der Waals surface area (Å²) in [6.45, 7) is 4.88. The van der Waals surface area contributed by atoms with Gasteiger partial charge in [0.15, 0.2) is 5.78 Å². The van der Waals surface area contributed by atoms with Gasteiger partial charge in [0, 0.05) is 4.75 Å². The zero-order valence-electron chi connectivity index (χ0n) is 10.7. The molecule has 18 heavy (non-hydrogen) atoms. The van der Waals surface area contributed by atoms with E-state index >= 15 is 0 Å². The Balaban J connectivity index is 0.00000162. The molecule has 2 aliphatic heterocycles. The fraction of sp³-hybridized carbons (Fsp3) is 0.545. The quantitative estimate of drug-likeness (QED) is 0.295. The number of amides is 1. The van der Waals surface area contributed by atoms with E-state index in [0.717, 1.165) is 0 Å². The first-order chi connectivity index (χ1) is 7.75. The van der Waals surface area contributed by atoms with Crippen LogP contribution in [0.15, 0.2) is 11.6 Å². The Morgan fingerprint density at radius 2 is 2.00 bits per heavy atom. The predicted molar refractivity (Wildman–Crippen MR) is 59.9 cm³/mol. The van der Waals surface area contributed by atoms with Crippen molar-refractivity contribution < 1.29 is 49.0 Å². The summed E-state index contributed by atoms with van der Waals surface area (Å²) in [6, 6.07) is -0.936. The number of β-lactam (4-membered cyclic amide) rings is 1. The van der Waals surface area contributed by atoms with Crippen LogP contribution in [0.1, 0.15) is 20.8 Å². The van der Waals surface area contributed by atoms with Crippen LogP contribution in [-0.4, -0.2) is 38.7 Å². The van der Waals surface area contributed by atoms with Crippen LogP contribution in [0.2, 0.25) is 0 Å². The third kappa shape index (κ3) is 2.27. The number of hydrogen-bond acceptors (Lipinski definition) is 5. The van der Waals surface area contributed by atoms with Crippen molar-refractivity contribution in [2.75, 3.05) is 0 Å². The normalized spacial score (nSPS) is 30.5. The number of rotatable bonds is 2. The Hall–Kier alpha value is -0.300. The third-order valence-electron chi connectivity index (χ3n) is 2.93. The standard InChI is InChI=1S/C11H13NO4S.Na/c1-5(13)4-6-8(14)12-7(10(15)16)11(2,3)17-9(6)12;/h4,7,9H,1-3H3,(H,15,16);/q;+1/p-1/b6-4-;/t7-,9+;/m0./s1. The summed E-state index contributed by atoms with van der Waals surface area (Å²) < 4.78 is -0.606. The van der Waals surface area contributed by atoms with Gasteiger partial charge in [-0.15, -0.1) is 11.8 Å². The molecule has 0 aromatic rings. The fourth-order valence-corrected chi connectivity index (χ4v) is 3.80. The van der Waals surface area contributed by atoms with Crippen molar-refractivity contribution in [3.63, 3.8) is 0 Å². The second-order valence-corrected chi connectivity index (χ2v) is 6.45. The van der Waals surface area contributed by atoms with E-state index in [1.807, 2.05) is 0 Å². The molecule has 0 radical (unpaired) electrons. The average molecular weight is 277 g/mol. The van der Waals surface area contributed by atoms with E-state index in [0.29, 0.717) is 5.57 Å². The molecule has 2 fully saturated rings. The molecule has 2 aliphatic rings. The summed E-state index contributed by atoms with van der Waals surface area (Å²) in [5, 5.41) is 10.7. The van der Waals surface area contributed by atoms with Crippen LogP contribution in [0.25, 0.3) is 0 Å². The summed E-state index contributed by atoms with van der Waals surface area (Å²) in [6.07, 6.45) is 1.28. The van der Waals surface area contributed by atoms with E-state index in [4.69, 9.17) is 0 Å². The maximum atomic E-state index is 11.8. The van der Waals surface area contributed by atoms with E-state index in [9.17, 15) is 19.5 Å². The van der Waals surface area contributed by atoms with Gasteiger partial charge < -0.3 is 14.8 Å². The van der Waals surface area contributed by atoms with Crippen LogP contribution in [0.4, 0.5) is 0 Å². The summed E-state index contributed by atoms with van der Waals surface area (Å²) in [5.74, 6) is -1.83. The third-order valence-corrected chi connectivity index (χ3v) is 4.47. The Morgan fingerprint density at radius 3 is 2.44 bits per heavy atom. The van der Waals surface area contributed by atoms with E-state index in [2.05, 4.69) is 0 Å². The van der Waals surface area contributed by atoms with Crippen LogP contribution < -0.4 is 34.7 Å². The summed E-state index contributed by atoms with van der Waals surface area (Å²) in [7, 11) is 0. The van der Waals surface area contributed by atoms with Gasteiger partial charge in [-0.05, 0) is 26.8 Å². The molecule has 0 aromatic carbocycles. The Morgan fingerprint density at radius 1 is 1.44 bits per heavy atom. The average Bonchev–Trinajstić information content (AvgIpc) is 2.43. The van der Waals surface area contributed by atoms with Gasteiger partial charge in [0.2, 0.25) is 0 Å².